The van der Waals surface area contributed by atoms with E-state index in [4.69, 9.17) is 5.11 Å². The average molecular weight is 263 g/mol. The van der Waals surface area contributed by atoms with E-state index in [0.29, 0.717) is 6.42 Å². The molecule has 104 valence electrons. The maximum absolute atomic E-state index is 11.7. The van der Waals surface area contributed by atoms with Gasteiger partial charge in [0.05, 0.1) is 0 Å². The summed E-state index contributed by atoms with van der Waals surface area (Å²) in [6.07, 6.45) is 14.2. The fourth-order valence-corrected chi connectivity index (χ4v) is 1.84. The second-order valence-electron chi connectivity index (χ2n) is 4.61. The molecule has 4 heteroatoms. The van der Waals surface area contributed by atoms with Gasteiger partial charge in [0.1, 0.15) is 6.04 Å². The van der Waals surface area contributed by atoms with Gasteiger partial charge in [-0.2, -0.15) is 0 Å². The average Bonchev–Trinajstić information content (AvgIpc) is 2.42. The highest BCUT2D eigenvalue weighted by Gasteiger charge is 2.17. The van der Waals surface area contributed by atoms with Gasteiger partial charge in [-0.15, -0.1) is 0 Å². The van der Waals surface area contributed by atoms with Gasteiger partial charge in [0.25, 0.3) is 0 Å². The van der Waals surface area contributed by atoms with Crippen LogP contribution in [0.25, 0.3) is 0 Å². The van der Waals surface area contributed by atoms with Gasteiger partial charge in [-0.3, -0.25) is 4.79 Å². The van der Waals surface area contributed by atoms with E-state index in [-0.39, 0.29) is 11.8 Å². The van der Waals surface area contributed by atoms with Crippen LogP contribution < -0.4 is 5.32 Å². The highest BCUT2D eigenvalue weighted by molar-refractivity contribution is 5.91. The lowest BCUT2D eigenvalue weighted by molar-refractivity contribution is -0.141. The molecule has 1 amide bonds. The first kappa shape index (κ1) is 15.2. The lowest BCUT2D eigenvalue weighted by Crippen LogP contribution is -2.39. The van der Waals surface area contributed by atoms with E-state index in [1.54, 1.807) is 6.08 Å². The van der Waals surface area contributed by atoms with E-state index in [9.17, 15) is 9.59 Å². The Balaban J connectivity index is 2.43. The molecule has 2 unspecified atom stereocenters. The molecule has 0 saturated heterocycles. The summed E-state index contributed by atoms with van der Waals surface area (Å²) in [5.41, 5.74) is 0. The van der Waals surface area contributed by atoms with Gasteiger partial charge < -0.3 is 10.4 Å². The second-order valence-corrected chi connectivity index (χ2v) is 4.61. The van der Waals surface area contributed by atoms with Crippen LogP contribution in [0.3, 0.4) is 0 Å². The van der Waals surface area contributed by atoms with E-state index in [2.05, 4.69) is 5.32 Å². The Morgan fingerprint density at radius 2 is 2.26 bits per heavy atom. The van der Waals surface area contributed by atoms with Crippen LogP contribution >= 0.6 is 0 Å². The summed E-state index contributed by atoms with van der Waals surface area (Å²) in [7, 11) is 0. The lowest BCUT2D eigenvalue weighted by atomic mass is 10.0. The minimum atomic E-state index is -0.976. The molecule has 1 aliphatic rings. The predicted molar refractivity (Wildman–Crippen MR) is 74.6 cm³/mol. The molecule has 1 aliphatic carbocycles. The van der Waals surface area contributed by atoms with Crippen LogP contribution in [0.5, 0.6) is 0 Å². The molecule has 1 rings (SSSR count). The summed E-state index contributed by atoms with van der Waals surface area (Å²) in [5, 5.41) is 11.5. The zero-order chi connectivity index (χ0) is 14.1. The Bertz CT molecular complexity index is 396. The molecule has 0 bridgehead atoms. The first-order chi connectivity index (χ1) is 9.13. The van der Waals surface area contributed by atoms with E-state index >= 15 is 0 Å². The molecule has 0 aliphatic heterocycles. The van der Waals surface area contributed by atoms with Crippen molar-refractivity contribution in [1.29, 1.82) is 0 Å². The molecule has 0 heterocycles. The van der Waals surface area contributed by atoms with Crippen LogP contribution in [0.2, 0.25) is 0 Å². The third kappa shape index (κ3) is 6.04. The summed E-state index contributed by atoms with van der Waals surface area (Å²) in [5.74, 6) is -1.10. The number of rotatable bonds is 7. The van der Waals surface area contributed by atoms with Gasteiger partial charge in [0.15, 0.2) is 0 Å². The van der Waals surface area contributed by atoms with Crippen molar-refractivity contribution in [2.45, 2.75) is 38.6 Å². The Morgan fingerprint density at radius 1 is 1.47 bits per heavy atom. The predicted octanol–water partition coefficient (Wildman–Crippen LogP) is 2.43. The van der Waals surface area contributed by atoms with Crippen molar-refractivity contribution in [3.8, 4) is 0 Å². The number of unbranched alkanes of at least 4 members (excludes halogenated alkanes) is 1. The molecule has 0 aromatic carbocycles. The Kier molecular flexibility index (Phi) is 6.64. The molecule has 0 aromatic rings. The smallest absolute Gasteiger partial charge is 0.326 e. The van der Waals surface area contributed by atoms with Crippen molar-refractivity contribution in [2.24, 2.45) is 5.92 Å². The third-order valence-electron chi connectivity index (χ3n) is 2.97. The number of carboxylic acids is 1. The van der Waals surface area contributed by atoms with Crippen LogP contribution in [0.1, 0.15) is 32.6 Å². The summed E-state index contributed by atoms with van der Waals surface area (Å²) in [6.45, 7) is 1.99. The van der Waals surface area contributed by atoms with Crippen LogP contribution in [-0.2, 0) is 9.59 Å². The van der Waals surface area contributed by atoms with Crippen LogP contribution in [0.4, 0.5) is 0 Å². The molecule has 19 heavy (non-hydrogen) atoms. The molecule has 2 atom stereocenters. The van der Waals surface area contributed by atoms with Gasteiger partial charge in [0, 0.05) is 0 Å². The van der Waals surface area contributed by atoms with Crippen molar-refractivity contribution in [2.75, 3.05) is 0 Å². The largest absolute Gasteiger partial charge is 0.480 e. The van der Waals surface area contributed by atoms with Crippen LogP contribution in [-0.4, -0.2) is 23.0 Å². The van der Waals surface area contributed by atoms with Gasteiger partial charge in [-0.1, -0.05) is 50.1 Å². The fraction of sp³-hybridized carbons (Fsp3) is 0.467. The van der Waals surface area contributed by atoms with Crippen molar-refractivity contribution in [3.05, 3.63) is 36.5 Å². The topological polar surface area (TPSA) is 66.4 Å². The van der Waals surface area contributed by atoms with E-state index < -0.39 is 12.0 Å². The Hall–Kier alpha value is -1.84. The number of hydrogen-bond donors (Lipinski definition) is 2. The maximum atomic E-state index is 11.7. The molecule has 0 aromatic heterocycles. The Labute approximate surface area is 113 Å². The van der Waals surface area contributed by atoms with E-state index in [1.807, 2.05) is 31.2 Å². The van der Waals surface area contributed by atoms with Crippen molar-refractivity contribution < 1.29 is 14.7 Å². The molecule has 0 radical (unpaired) electrons. The summed E-state index contributed by atoms with van der Waals surface area (Å²) in [6, 6.07) is -0.793. The molecule has 2 N–H and O–H groups in total. The SMILES string of the molecule is CCCCC(NC(=O)C=CC1C=CC=CC1)C(=O)O. The minimum absolute atomic E-state index is 0.217. The van der Waals surface area contributed by atoms with Crippen molar-refractivity contribution in [1.82, 2.24) is 5.32 Å². The number of nitrogens with one attached hydrogen (secondary N) is 1. The number of hydrogen-bond acceptors (Lipinski definition) is 2. The molecule has 0 spiro atoms. The van der Waals surface area contributed by atoms with Crippen molar-refractivity contribution in [3.63, 3.8) is 0 Å². The van der Waals surface area contributed by atoms with Crippen molar-refractivity contribution >= 4 is 11.9 Å². The fourth-order valence-electron chi connectivity index (χ4n) is 1.84. The number of carbonyl (C=O) groups is 2. The summed E-state index contributed by atoms with van der Waals surface area (Å²) < 4.78 is 0. The third-order valence-corrected chi connectivity index (χ3v) is 2.97. The zero-order valence-electron chi connectivity index (χ0n) is 11.2. The van der Waals surface area contributed by atoms with Gasteiger partial charge in [-0.05, 0) is 24.8 Å². The first-order valence-electron chi connectivity index (χ1n) is 6.68. The van der Waals surface area contributed by atoms with Crippen LogP contribution in [0, 0.1) is 5.92 Å². The molecule has 0 saturated carbocycles. The molecular formula is C15H21NO3. The van der Waals surface area contributed by atoms with Gasteiger partial charge in [-0.25, -0.2) is 4.79 Å². The summed E-state index contributed by atoms with van der Waals surface area (Å²) in [4.78, 5) is 22.6. The number of carboxylic acid groups (broad SMARTS) is 1. The highest BCUT2D eigenvalue weighted by atomic mass is 16.4. The van der Waals surface area contributed by atoms with Gasteiger partial charge >= 0.3 is 5.97 Å². The van der Waals surface area contributed by atoms with E-state index in [0.717, 1.165) is 19.3 Å². The zero-order valence-corrected chi connectivity index (χ0v) is 11.2. The number of aliphatic carboxylic acids is 1. The highest BCUT2D eigenvalue weighted by Crippen LogP contribution is 2.12. The first-order valence-corrected chi connectivity index (χ1v) is 6.68. The monoisotopic (exact) mass is 263 g/mol. The molecular weight excluding hydrogens is 242 g/mol. The molecule has 0 fully saturated rings. The quantitative estimate of drug-likeness (QED) is 0.693. The maximum Gasteiger partial charge on any atom is 0.326 e. The number of amides is 1. The van der Waals surface area contributed by atoms with Crippen LogP contribution in [0.15, 0.2) is 36.5 Å². The molecule has 4 nitrogen and oxygen atoms in total. The number of carbonyl (C=O) groups excluding carboxylic acids is 1. The summed E-state index contributed by atoms with van der Waals surface area (Å²) >= 11 is 0. The minimum Gasteiger partial charge on any atom is -0.480 e. The number of allylic oxidation sites excluding steroid dienone is 5. The standard InChI is InChI=1S/C15H21NO3/c1-2-3-9-13(15(18)19)16-14(17)11-10-12-7-5-4-6-8-12/h4-7,10-13H,2-3,8-9H2,1H3,(H,16,17)(H,18,19). The van der Waals surface area contributed by atoms with Gasteiger partial charge in [0.2, 0.25) is 5.91 Å². The second kappa shape index (κ2) is 8.29. The van der Waals surface area contributed by atoms with E-state index in [1.165, 1.54) is 6.08 Å². The lowest BCUT2D eigenvalue weighted by Gasteiger charge is -2.13. The Morgan fingerprint density at radius 3 is 2.84 bits per heavy atom. The normalized spacial score (nSPS) is 19.5.